The zero-order valence-electron chi connectivity index (χ0n) is 12.2. The molecule has 0 aromatic heterocycles. The SMILES string of the molecule is COc1cc(CN2CCC(O)CC2)c([N+](=O)[O-])cc1OC. The van der Waals surface area contributed by atoms with Crippen LogP contribution in [0.5, 0.6) is 11.5 Å². The molecule has 0 spiro atoms. The van der Waals surface area contributed by atoms with Crippen molar-refractivity contribution in [2.24, 2.45) is 0 Å². The van der Waals surface area contributed by atoms with E-state index in [4.69, 9.17) is 9.47 Å². The number of likely N-dealkylation sites (tertiary alicyclic amines) is 1. The average Bonchev–Trinajstić information content (AvgIpc) is 2.48. The van der Waals surface area contributed by atoms with E-state index in [0.29, 0.717) is 36.4 Å². The summed E-state index contributed by atoms with van der Waals surface area (Å²) in [7, 11) is 2.96. The highest BCUT2D eigenvalue weighted by atomic mass is 16.6. The van der Waals surface area contributed by atoms with Crippen molar-refractivity contribution < 1.29 is 19.5 Å². The molecule has 0 atom stereocenters. The second kappa shape index (κ2) is 6.73. The molecular formula is C14H20N2O5. The number of aliphatic hydroxyl groups is 1. The van der Waals surface area contributed by atoms with Crippen molar-refractivity contribution in [3.8, 4) is 11.5 Å². The maximum absolute atomic E-state index is 11.2. The first kappa shape index (κ1) is 15.5. The minimum absolute atomic E-state index is 0.0266. The Hall–Kier alpha value is -1.86. The van der Waals surface area contributed by atoms with Crippen molar-refractivity contribution >= 4 is 5.69 Å². The third-order valence-corrected chi connectivity index (χ3v) is 3.73. The fourth-order valence-electron chi connectivity index (χ4n) is 2.53. The summed E-state index contributed by atoms with van der Waals surface area (Å²) < 4.78 is 10.3. The molecule has 1 heterocycles. The highest BCUT2D eigenvalue weighted by Gasteiger charge is 2.23. The summed E-state index contributed by atoms with van der Waals surface area (Å²) in [4.78, 5) is 12.9. The number of nitrogens with zero attached hydrogens (tertiary/aromatic N) is 2. The van der Waals surface area contributed by atoms with Crippen LogP contribution in [0.25, 0.3) is 0 Å². The summed E-state index contributed by atoms with van der Waals surface area (Å²) in [5, 5.41) is 20.7. The Balaban J connectivity index is 2.26. The lowest BCUT2D eigenvalue weighted by Gasteiger charge is -2.29. The first-order chi connectivity index (χ1) is 10.0. The van der Waals surface area contributed by atoms with Gasteiger partial charge in [-0.15, -0.1) is 0 Å². The fraction of sp³-hybridized carbons (Fsp3) is 0.571. The Morgan fingerprint density at radius 1 is 1.29 bits per heavy atom. The number of benzene rings is 1. The molecule has 21 heavy (non-hydrogen) atoms. The van der Waals surface area contributed by atoms with Gasteiger partial charge in [-0.25, -0.2) is 0 Å². The van der Waals surface area contributed by atoms with Gasteiger partial charge >= 0.3 is 0 Å². The van der Waals surface area contributed by atoms with Crippen molar-refractivity contribution in [2.75, 3.05) is 27.3 Å². The molecule has 0 aliphatic carbocycles. The maximum atomic E-state index is 11.2. The predicted octanol–water partition coefficient (Wildman–Crippen LogP) is 1.57. The zero-order chi connectivity index (χ0) is 15.4. The summed E-state index contributed by atoms with van der Waals surface area (Å²) >= 11 is 0. The lowest BCUT2D eigenvalue weighted by atomic mass is 10.1. The molecule has 0 radical (unpaired) electrons. The van der Waals surface area contributed by atoms with Gasteiger partial charge in [0.25, 0.3) is 5.69 Å². The van der Waals surface area contributed by atoms with E-state index in [1.165, 1.54) is 20.3 Å². The number of rotatable bonds is 5. The molecule has 0 bridgehead atoms. The summed E-state index contributed by atoms with van der Waals surface area (Å²) in [6.07, 6.45) is 1.13. The molecule has 1 N–H and O–H groups in total. The van der Waals surface area contributed by atoms with Crippen molar-refractivity contribution in [1.82, 2.24) is 4.90 Å². The maximum Gasteiger partial charge on any atom is 0.277 e. The monoisotopic (exact) mass is 296 g/mol. The number of nitro benzene ring substituents is 1. The fourth-order valence-corrected chi connectivity index (χ4v) is 2.53. The van der Waals surface area contributed by atoms with Crippen LogP contribution < -0.4 is 9.47 Å². The molecule has 1 saturated heterocycles. The molecule has 0 unspecified atom stereocenters. The van der Waals surface area contributed by atoms with Gasteiger partial charge in [0.2, 0.25) is 0 Å². The zero-order valence-corrected chi connectivity index (χ0v) is 12.2. The average molecular weight is 296 g/mol. The van der Waals surface area contributed by atoms with Gasteiger partial charge in [0.15, 0.2) is 11.5 Å². The van der Waals surface area contributed by atoms with Gasteiger partial charge in [-0.05, 0) is 18.9 Å². The van der Waals surface area contributed by atoms with Crippen LogP contribution in [-0.4, -0.2) is 48.3 Å². The third-order valence-electron chi connectivity index (χ3n) is 3.73. The van der Waals surface area contributed by atoms with E-state index in [2.05, 4.69) is 4.90 Å². The van der Waals surface area contributed by atoms with Crippen LogP contribution >= 0.6 is 0 Å². The quantitative estimate of drug-likeness (QED) is 0.655. The Bertz CT molecular complexity index is 512. The van der Waals surface area contributed by atoms with E-state index in [1.807, 2.05) is 0 Å². The Kier molecular flexibility index (Phi) is 4.98. The molecule has 1 aliphatic heterocycles. The van der Waals surface area contributed by atoms with Crippen LogP contribution in [0.1, 0.15) is 18.4 Å². The molecule has 1 aromatic rings. The van der Waals surface area contributed by atoms with E-state index in [9.17, 15) is 15.2 Å². The number of hydrogen-bond acceptors (Lipinski definition) is 6. The van der Waals surface area contributed by atoms with Crippen LogP contribution in [0, 0.1) is 10.1 Å². The van der Waals surface area contributed by atoms with Gasteiger partial charge in [0, 0.05) is 25.2 Å². The van der Waals surface area contributed by atoms with Crippen molar-refractivity contribution in [1.29, 1.82) is 0 Å². The molecule has 7 nitrogen and oxygen atoms in total. The number of nitro groups is 1. The largest absolute Gasteiger partial charge is 0.493 e. The topological polar surface area (TPSA) is 85.1 Å². The minimum atomic E-state index is -0.407. The van der Waals surface area contributed by atoms with Gasteiger partial charge < -0.3 is 14.6 Å². The van der Waals surface area contributed by atoms with Crippen LogP contribution in [0.2, 0.25) is 0 Å². The standard InChI is InChI=1S/C14H20N2O5/c1-20-13-7-10(9-15-5-3-11(17)4-6-15)12(16(18)19)8-14(13)21-2/h7-8,11,17H,3-6,9H2,1-2H3. The van der Waals surface area contributed by atoms with Gasteiger partial charge in [-0.3, -0.25) is 15.0 Å². The molecule has 2 rings (SSSR count). The van der Waals surface area contributed by atoms with Crippen molar-refractivity contribution in [3.05, 3.63) is 27.8 Å². The third kappa shape index (κ3) is 3.62. The number of methoxy groups -OCH3 is 2. The van der Waals surface area contributed by atoms with Gasteiger partial charge in [0.05, 0.1) is 31.3 Å². The van der Waals surface area contributed by atoms with Crippen molar-refractivity contribution in [3.63, 3.8) is 0 Å². The van der Waals surface area contributed by atoms with Gasteiger partial charge in [0.1, 0.15) is 0 Å². The van der Waals surface area contributed by atoms with Crippen LogP contribution in [-0.2, 0) is 6.54 Å². The summed E-state index contributed by atoms with van der Waals surface area (Å²) in [6.45, 7) is 1.92. The lowest BCUT2D eigenvalue weighted by Crippen LogP contribution is -2.35. The number of aliphatic hydroxyl groups excluding tert-OH is 1. The first-order valence-electron chi connectivity index (χ1n) is 6.85. The normalized spacial score (nSPS) is 16.7. The van der Waals surface area contributed by atoms with Crippen LogP contribution in [0.3, 0.4) is 0 Å². The predicted molar refractivity (Wildman–Crippen MR) is 76.7 cm³/mol. The Morgan fingerprint density at radius 3 is 2.38 bits per heavy atom. The van der Waals surface area contributed by atoms with Gasteiger partial charge in [-0.2, -0.15) is 0 Å². The molecule has 1 aromatic carbocycles. The van der Waals surface area contributed by atoms with E-state index in [-0.39, 0.29) is 11.8 Å². The second-order valence-corrected chi connectivity index (χ2v) is 5.10. The van der Waals surface area contributed by atoms with E-state index >= 15 is 0 Å². The number of hydrogen-bond donors (Lipinski definition) is 1. The molecule has 0 saturated carbocycles. The van der Waals surface area contributed by atoms with Crippen LogP contribution in [0.15, 0.2) is 12.1 Å². The molecule has 116 valence electrons. The lowest BCUT2D eigenvalue weighted by molar-refractivity contribution is -0.385. The molecule has 7 heteroatoms. The smallest absolute Gasteiger partial charge is 0.277 e. The highest BCUT2D eigenvalue weighted by Crippen LogP contribution is 2.35. The van der Waals surface area contributed by atoms with Gasteiger partial charge in [-0.1, -0.05) is 0 Å². The van der Waals surface area contributed by atoms with Crippen molar-refractivity contribution in [2.45, 2.75) is 25.5 Å². The summed E-state index contributed by atoms with van der Waals surface area (Å²) in [6, 6.07) is 3.05. The van der Waals surface area contributed by atoms with E-state index in [1.54, 1.807) is 6.07 Å². The molecule has 1 aliphatic rings. The number of ether oxygens (including phenoxy) is 2. The minimum Gasteiger partial charge on any atom is -0.493 e. The van der Waals surface area contributed by atoms with E-state index in [0.717, 1.165) is 13.1 Å². The Labute approximate surface area is 123 Å². The van der Waals surface area contributed by atoms with Crippen LogP contribution in [0.4, 0.5) is 5.69 Å². The molecule has 1 fully saturated rings. The van der Waals surface area contributed by atoms with E-state index < -0.39 is 4.92 Å². The molecule has 0 amide bonds. The second-order valence-electron chi connectivity index (χ2n) is 5.10. The highest BCUT2D eigenvalue weighted by molar-refractivity contribution is 5.54. The summed E-state index contributed by atoms with van der Waals surface area (Å²) in [5.41, 5.74) is 0.618. The first-order valence-corrected chi connectivity index (χ1v) is 6.85. The summed E-state index contributed by atoms with van der Waals surface area (Å²) in [5.74, 6) is 0.831. The Morgan fingerprint density at radius 2 is 1.86 bits per heavy atom. The number of piperidine rings is 1. The molecular weight excluding hydrogens is 276 g/mol.